The van der Waals surface area contributed by atoms with Crippen molar-refractivity contribution in [2.24, 2.45) is 5.92 Å². The lowest BCUT2D eigenvalue weighted by Crippen LogP contribution is -2.36. The Kier molecular flexibility index (Phi) is 4.76. The van der Waals surface area contributed by atoms with E-state index in [0.717, 1.165) is 15.7 Å². The zero-order valence-electron chi connectivity index (χ0n) is 12.5. The molecule has 2 aromatic carbocycles. The molecule has 3 rings (SSSR count). The number of hydrogen-bond donors (Lipinski definition) is 1. The number of carbonyl (C=O) groups is 2. The van der Waals surface area contributed by atoms with Gasteiger partial charge in [0.25, 0.3) is 0 Å². The first-order valence-corrected chi connectivity index (χ1v) is 8.33. The van der Waals surface area contributed by atoms with Crippen molar-refractivity contribution in [3.8, 4) is 0 Å². The van der Waals surface area contributed by atoms with Crippen molar-refractivity contribution >= 4 is 33.4 Å². The van der Waals surface area contributed by atoms with Crippen LogP contribution < -0.4 is 10.2 Å². The van der Waals surface area contributed by atoms with E-state index in [-0.39, 0.29) is 11.8 Å². The Labute approximate surface area is 143 Å². The minimum absolute atomic E-state index is 0.124. The number of nitrogens with zero attached hydrogens (tertiary/aromatic N) is 1. The number of carbonyl (C=O) groups excluding carboxylic acids is 2. The average Bonchev–Trinajstić information content (AvgIpc) is 2.96. The Balaban J connectivity index is 1.63. The van der Waals surface area contributed by atoms with Crippen LogP contribution in [0, 0.1) is 5.92 Å². The number of halogens is 1. The van der Waals surface area contributed by atoms with Crippen LogP contribution in [0.1, 0.15) is 12.0 Å². The molecule has 1 atom stereocenters. The molecule has 0 spiro atoms. The summed E-state index contributed by atoms with van der Waals surface area (Å²) in [5.74, 6) is -0.928. The molecule has 1 aliphatic heterocycles. The quantitative estimate of drug-likeness (QED) is 0.838. The number of amides is 2. The smallest absolute Gasteiger partial charge is 0.239 e. The first-order valence-electron chi connectivity index (χ1n) is 7.54. The molecule has 1 aliphatic rings. The minimum atomic E-state index is -0.599. The second kappa shape index (κ2) is 6.96. The van der Waals surface area contributed by atoms with E-state index in [0.29, 0.717) is 19.5 Å². The van der Waals surface area contributed by atoms with Gasteiger partial charge >= 0.3 is 0 Å². The SMILES string of the molecule is O=C(NCc1ccccc1Br)C1CCN(c2ccccc2)C1=O. The topological polar surface area (TPSA) is 49.4 Å². The van der Waals surface area contributed by atoms with Gasteiger partial charge in [-0.15, -0.1) is 0 Å². The molecular formula is C18H17BrN2O2. The maximum Gasteiger partial charge on any atom is 0.239 e. The molecule has 118 valence electrons. The number of para-hydroxylation sites is 1. The number of anilines is 1. The van der Waals surface area contributed by atoms with Gasteiger partial charge in [-0.25, -0.2) is 0 Å². The molecule has 5 heteroatoms. The van der Waals surface area contributed by atoms with Crippen LogP contribution in [0.5, 0.6) is 0 Å². The van der Waals surface area contributed by atoms with Gasteiger partial charge in [0, 0.05) is 23.2 Å². The molecule has 0 radical (unpaired) electrons. The Morgan fingerprint density at radius 3 is 2.57 bits per heavy atom. The van der Waals surface area contributed by atoms with Crippen LogP contribution in [-0.2, 0) is 16.1 Å². The third-order valence-electron chi connectivity index (χ3n) is 4.00. The van der Waals surface area contributed by atoms with E-state index >= 15 is 0 Å². The van der Waals surface area contributed by atoms with Crippen LogP contribution in [0.2, 0.25) is 0 Å². The zero-order valence-corrected chi connectivity index (χ0v) is 14.1. The van der Waals surface area contributed by atoms with E-state index in [4.69, 9.17) is 0 Å². The lowest BCUT2D eigenvalue weighted by molar-refractivity contribution is -0.132. The largest absolute Gasteiger partial charge is 0.351 e. The molecule has 1 saturated heterocycles. The number of nitrogens with one attached hydrogen (secondary N) is 1. The van der Waals surface area contributed by atoms with E-state index < -0.39 is 5.92 Å². The van der Waals surface area contributed by atoms with E-state index in [1.54, 1.807) is 4.90 Å². The van der Waals surface area contributed by atoms with Crippen LogP contribution in [0.3, 0.4) is 0 Å². The highest BCUT2D eigenvalue weighted by atomic mass is 79.9. The van der Waals surface area contributed by atoms with Gasteiger partial charge in [0.15, 0.2) is 0 Å². The highest BCUT2D eigenvalue weighted by Gasteiger charge is 2.37. The predicted octanol–water partition coefficient (Wildman–Crippen LogP) is 3.12. The lowest BCUT2D eigenvalue weighted by Gasteiger charge is -2.16. The normalized spacial score (nSPS) is 17.3. The van der Waals surface area contributed by atoms with Crippen molar-refractivity contribution in [1.29, 1.82) is 0 Å². The highest BCUT2D eigenvalue weighted by Crippen LogP contribution is 2.25. The average molecular weight is 373 g/mol. The summed E-state index contributed by atoms with van der Waals surface area (Å²) in [5, 5.41) is 2.87. The van der Waals surface area contributed by atoms with Gasteiger partial charge in [-0.05, 0) is 30.2 Å². The van der Waals surface area contributed by atoms with Gasteiger partial charge in [-0.3, -0.25) is 9.59 Å². The molecular weight excluding hydrogens is 356 g/mol. The molecule has 1 heterocycles. The van der Waals surface area contributed by atoms with Crippen molar-refractivity contribution in [3.05, 3.63) is 64.6 Å². The van der Waals surface area contributed by atoms with Crippen LogP contribution >= 0.6 is 15.9 Å². The number of hydrogen-bond acceptors (Lipinski definition) is 2. The second-order valence-electron chi connectivity index (χ2n) is 5.48. The van der Waals surface area contributed by atoms with Gasteiger partial charge in [0.1, 0.15) is 5.92 Å². The van der Waals surface area contributed by atoms with E-state index in [1.165, 1.54) is 0 Å². The summed E-state index contributed by atoms with van der Waals surface area (Å²) in [5.41, 5.74) is 1.84. The van der Waals surface area contributed by atoms with Crippen LogP contribution in [-0.4, -0.2) is 18.4 Å². The number of rotatable bonds is 4. The summed E-state index contributed by atoms with van der Waals surface area (Å²) < 4.78 is 0.948. The molecule has 0 aromatic heterocycles. The van der Waals surface area contributed by atoms with E-state index in [1.807, 2.05) is 54.6 Å². The Morgan fingerprint density at radius 2 is 1.83 bits per heavy atom. The van der Waals surface area contributed by atoms with Crippen molar-refractivity contribution in [2.45, 2.75) is 13.0 Å². The molecule has 2 aromatic rings. The van der Waals surface area contributed by atoms with Crippen molar-refractivity contribution in [3.63, 3.8) is 0 Å². The number of benzene rings is 2. The third kappa shape index (κ3) is 3.45. The van der Waals surface area contributed by atoms with Crippen LogP contribution in [0.15, 0.2) is 59.1 Å². The Hall–Kier alpha value is -2.14. The molecule has 0 saturated carbocycles. The van der Waals surface area contributed by atoms with Gasteiger partial charge < -0.3 is 10.2 Å². The Morgan fingerprint density at radius 1 is 1.13 bits per heavy atom. The van der Waals surface area contributed by atoms with E-state index in [9.17, 15) is 9.59 Å². The molecule has 23 heavy (non-hydrogen) atoms. The summed E-state index contributed by atoms with van der Waals surface area (Å²) in [4.78, 5) is 26.5. The summed E-state index contributed by atoms with van der Waals surface area (Å²) >= 11 is 3.46. The summed E-state index contributed by atoms with van der Waals surface area (Å²) in [6, 6.07) is 17.2. The fourth-order valence-corrected chi connectivity index (χ4v) is 3.16. The first-order chi connectivity index (χ1) is 11.2. The molecule has 2 amide bonds. The molecule has 4 nitrogen and oxygen atoms in total. The lowest BCUT2D eigenvalue weighted by atomic mass is 10.1. The van der Waals surface area contributed by atoms with Gasteiger partial charge in [0.2, 0.25) is 11.8 Å². The van der Waals surface area contributed by atoms with Gasteiger partial charge in [0.05, 0.1) is 0 Å². The highest BCUT2D eigenvalue weighted by molar-refractivity contribution is 9.10. The zero-order chi connectivity index (χ0) is 16.2. The maximum absolute atomic E-state index is 12.5. The standard InChI is InChI=1S/C18H17BrN2O2/c19-16-9-5-4-6-13(16)12-20-17(22)15-10-11-21(18(15)23)14-7-2-1-3-8-14/h1-9,15H,10-12H2,(H,20,22). The van der Waals surface area contributed by atoms with E-state index in [2.05, 4.69) is 21.2 Å². The summed E-state index contributed by atoms with van der Waals surface area (Å²) in [6.07, 6.45) is 0.551. The van der Waals surface area contributed by atoms with Gasteiger partial charge in [-0.1, -0.05) is 52.3 Å². The van der Waals surface area contributed by atoms with Crippen LogP contribution in [0.4, 0.5) is 5.69 Å². The molecule has 1 N–H and O–H groups in total. The molecule has 0 bridgehead atoms. The molecule has 1 fully saturated rings. The Bertz CT molecular complexity index is 718. The maximum atomic E-state index is 12.5. The van der Waals surface area contributed by atoms with Crippen molar-refractivity contribution in [2.75, 3.05) is 11.4 Å². The van der Waals surface area contributed by atoms with Crippen LogP contribution in [0.25, 0.3) is 0 Å². The molecule has 0 aliphatic carbocycles. The molecule has 1 unspecified atom stereocenters. The predicted molar refractivity (Wildman–Crippen MR) is 92.9 cm³/mol. The first kappa shape index (κ1) is 15.7. The van der Waals surface area contributed by atoms with Gasteiger partial charge in [-0.2, -0.15) is 0 Å². The monoisotopic (exact) mass is 372 g/mol. The second-order valence-corrected chi connectivity index (χ2v) is 6.33. The summed E-state index contributed by atoms with van der Waals surface area (Å²) in [7, 11) is 0. The van der Waals surface area contributed by atoms with Crippen molar-refractivity contribution in [1.82, 2.24) is 5.32 Å². The minimum Gasteiger partial charge on any atom is -0.351 e. The van der Waals surface area contributed by atoms with Crippen molar-refractivity contribution < 1.29 is 9.59 Å². The summed E-state index contributed by atoms with van der Waals surface area (Å²) in [6.45, 7) is 0.991. The fraction of sp³-hybridized carbons (Fsp3) is 0.222. The fourth-order valence-electron chi connectivity index (χ4n) is 2.73. The third-order valence-corrected chi connectivity index (χ3v) is 4.77.